The molecule has 11 nitrogen and oxygen atoms in total. The van der Waals surface area contributed by atoms with Crippen LogP contribution in [0.5, 0.6) is 0 Å². The van der Waals surface area contributed by atoms with Crippen molar-refractivity contribution in [2.75, 3.05) is 13.2 Å². The maximum atomic E-state index is 13.1. The Morgan fingerprint density at radius 2 is 0.881 bits per heavy atom. The van der Waals surface area contributed by atoms with Gasteiger partial charge < -0.3 is 50.5 Å². The van der Waals surface area contributed by atoms with Crippen LogP contribution in [-0.4, -0.2) is 110 Å². The van der Waals surface area contributed by atoms with Gasteiger partial charge in [-0.05, 0) is 38.5 Å². The molecule has 1 fully saturated rings. The largest absolute Gasteiger partial charge is 0.394 e. The van der Waals surface area contributed by atoms with Crippen LogP contribution in [0.25, 0.3) is 0 Å². The fourth-order valence-electron chi connectivity index (χ4n) is 9.39. The van der Waals surface area contributed by atoms with Crippen LogP contribution < -0.4 is 5.32 Å². The van der Waals surface area contributed by atoms with Crippen molar-refractivity contribution in [2.24, 2.45) is 0 Å². The lowest BCUT2D eigenvalue weighted by Crippen LogP contribution is -2.60. The molecular weight excluding hydrogens is 847 g/mol. The number of rotatable bonds is 49. The van der Waals surface area contributed by atoms with E-state index < -0.39 is 74.2 Å². The Balaban J connectivity index is 2.28. The Kier molecular flexibility index (Phi) is 43.8. The second-order valence-corrected chi connectivity index (χ2v) is 20.4. The number of carbonyl (C=O) groups is 1. The van der Waals surface area contributed by atoms with Gasteiger partial charge in [-0.2, -0.15) is 0 Å². The molecule has 0 bridgehead atoms. The van der Waals surface area contributed by atoms with Crippen molar-refractivity contribution >= 4 is 5.91 Å². The highest BCUT2D eigenvalue weighted by Gasteiger charge is 2.44. The van der Waals surface area contributed by atoms with Crippen LogP contribution in [0.1, 0.15) is 271 Å². The number of aliphatic hydroxyl groups is 7. The predicted octanol–water partition coefficient (Wildman–Crippen LogP) is 11.6. The lowest BCUT2D eigenvalue weighted by atomic mass is 9.98. The number of unbranched alkanes of at least 4 members (excludes halogenated alkanes) is 35. The summed E-state index contributed by atoms with van der Waals surface area (Å²) in [4.78, 5) is 13.1. The number of aliphatic hydroxyl groups excluding tert-OH is 7. The number of allylic oxidation sites excluding steroid dienone is 2. The van der Waals surface area contributed by atoms with Crippen molar-refractivity contribution in [1.82, 2.24) is 5.32 Å². The minimum absolute atomic E-state index is 0.258. The van der Waals surface area contributed by atoms with Crippen LogP contribution in [0.2, 0.25) is 0 Å². The molecule has 0 aromatic heterocycles. The molecular formula is C56H109NO10. The van der Waals surface area contributed by atoms with E-state index in [1.54, 1.807) is 0 Å². The molecule has 1 aliphatic heterocycles. The minimum Gasteiger partial charge on any atom is -0.394 e. The minimum atomic E-state index is -1.66. The van der Waals surface area contributed by atoms with Crippen molar-refractivity contribution in [1.29, 1.82) is 0 Å². The molecule has 11 heteroatoms. The van der Waals surface area contributed by atoms with Crippen molar-refractivity contribution in [3.05, 3.63) is 12.2 Å². The van der Waals surface area contributed by atoms with Gasteiger partial charge in [-0.3, -0.25) is 4.79 Å². The highest BCUT2D eigenvalue weighted by atomic mass is 16.7. The summed E-state index contributed by atoms with van der Waals surface area (Å²) in [6.45, 7) is 3.46. The maximum Gasteiger partial charge on any atom is 0.249 e. The van der Waals surface area contributed by atoms with Gasteiger partial charge in [-0.15, -0.1) is 0 Å². The summed E-state index contributed by atoms with van der Waals surface area (Å²) in [6.07, 6.45) is 41.4. The monoisotopic (exact) mass is 956 g/mol. The summed E-state index contributed by atoms with van der Waals surface area (Å²) in [5.74, 6) is -0.703. The molecule has 1 amide bonds. The van der Waals surface area contributed by atoms with Crippen LogP contribution in [0, 0.1) is 0 Å². The molecule has 0 aliphatic carbocycles. The van der Waals surface area contributed by atoms with E-state index in [1.807, 2.05) is 0 Å². The zero-order valence-electron chi connectivity index (χ0n) is 43.4. The van der Waals surface area contributed by atoms with E-state index in [-0.39, 0.29) is 12.8 Å². The third-order valence-electron chi connectivity index (χ3n) is 14.1. The van der Waals surface area contributed by atoms with E-state index in [4.69, 9.17) is 9.47 Å². The quantitative estimate of drug-likeness (QED) is 0.0215. The molecule has 0 aromatic carbocycles. The Morgan fingerprint density at radius 1 is 0.507 bits per heavy atom. The van der Waals surface area contributed by atoms with E-state index in [9.17, 15) is 40.5 Å². The summed E-state index contributed by atoms with van der Waals surface area (Å²) in [6, 6.07) is -1.18. The summed E-state index contributed by atoms with van der Waals surface area (Å²) >= 11 is 0. The average molecular weight is 956 g/mol. The Bertz CT molecular complexity index is 1100. The van der Waals surface area contributed by atoms with Crippen molar-refractivity contribution in [3.8, 4) is 0 Å². The summed E-state index contributed by atoms with van der Waals surface area (Å²) in [7, 11) is 0. The molecule has 1 rings (SSSR count). The van der Waals surface area contributed by atoms with E-state index in [0.29, 0.717) is 12.8 Å². The third kappa shape index (κ3) is 34.8. The number of nitrogens with one attached hydrogen (secondary N) is 1. The number of ether oxygens (including phenoxy) is 2. The Morgan fingerprint density at radius 3 is 1.28 bits per heavy atom. The van der Waals surface area contributed by atoms with Gasteiger partial charge >= 0.3 is 0 Å². The SMILES string of the molecule is CCCCCCCCCCCCCCCCCCCCCCCC/C=C/CCCC(O)C(O)C(COC1OC(CO)C(O)C(O)C1O)NC(=O)C(O)CCCCCCCCCCCCCCC. The van der Waals surface area contributed by atoms with Gasteiger partial charge in [0.15, 0.2) is 6.29 Å². The van der Waals surface area contributed by atoms with Crippen LogP contribution in [-0.2, 0) is 14.3 Å². The molecule has 0 radical (unpaired) electrons. The highest BCUT2D eigenvalue weighted by Crippen LogP contribution is 2.23. The second-order valence-electron chi connectivity index (χ2n) is 20.4. The van der Waals surface area contributed by atoms with Crippen LogP contribution >= 0.6 is 0 Å². The third-order valence-corrected chi connectivity index (χ3v) is 14.1. The summed E-state index contributed by atoms with van der Waals surface area (Å²) < 4.78 is 11.1. The first-order valence-electron chi connectivity index (χ1n) is 28.6. The first-order valence-corrected chi connectivity index (χ1v) is 28.6. The number of carbonyl (C=O) groups excluding carboxylic acids is 1. The number of hydrogen-bond donors (Lipinski definition) is 8. The summed E-state index contributed by atoms with van der Waals surface area (Å²) in [5, 5.41) is 76.0. The normalized spacial score (nSPS) is 20.6. The molecule has 8 N–H and O–H groups in total. The van der Waals surface area contributed by atoms with Gasteiger partial charge in [0.25, 0.3) is 0 Å². The molecule has 67 heavy (non-hydrogen) atoms. The topological polar surface area (TPSA) is 189 Å². The first-order chi connectivity index (χ1) is 32.7. The van der Waals surface area contributed by atoms with Gasteiger partial charge in [0, 0.05) is 0 Å². The second kappa shape index (κ2) is 46.0. The highest BCUT2D eigenvalue weighted by molar-refractivity contribution is 5.80. The van der Waals surface area contributed by atoms with E-state index >= 15 is 0 Å². The van der Waals surface area contributed by atoms with Crippen molar-refractivity contribution < 1.29 is 50.0 Å². The molecule has 0 aromatic rings. The standard InChI is InChI=1S/C56H109NO10/c1-3-5-7-9-11-13-15-17-18-19-20-21-22-23-24-25-26-27-28-29-30-32-33-35-37-39-41-43-48(59)51(61)47(46-66-56-54(64)53(63)52(62)50(45-58)67-56)57-55(65)49(60)44-42-40-38-36-34-31-16-14-12-10-8-6-4-2/h35,37,47-54,56,58-64H,3-34,36,38-46H2,1-2H3,(H,57,65)/b37-35+. The van der Waals surface area contributed by atoms with Crippen molar-refractivity contribution in [3.63, 3.8) is 0 Å². The predicted molar refractivity (Wildman–Crippen MR) is 275 cm³/mol. The van der Waals surface area contributed by atoms with Crippen molar-refractivity contribution in [2.45, 2.75) is 326 Å². The zero-order valence-corrected chi connectivity index (χ0v) is 43.4. The van der Waals surface area contributed by atoms with Gasteiger partial charge in [0.2, 0.25) is 5.91 Å². The van der Waals surface area contributed by atoms with Gasteiger partial charge in [0.1, 0.15) is 36.6 Å². The Hall–Kier alpha value is -1.15. The lowest BCUT2D eigenvalue weighted by molar-refractivity contribution is -0.303. The van der Waals surface area contributed by atoms with E-state index in [0.717, 1.165) is 38.5 Å². The van der Waals surface area contributed by atoms with Gasteiger partial charge in [-0.25, -0.2) is 0 Å². The number of hydrogen-bond acceptors (Lipinski definition) is 10. The van der Waals surface area contributed by atoms with Crippen LogP contribution in [0.15, 0.2) is 12.2 Å². The fraction of sp³-hybridized carbons (Fsp3) is 0.946. The Labute approximate surface area is 411 Å². The smallest absolute Gasteiger partial charge is 0.249 e. The van der Waals surface area contributed by atoms with Gasteiger partial charge in [-0.1, -0.05) is 244 Å². The average Bonchev–Trinajstić information content (AvgIpc) is 3.33. The number of amides is 1. The van der Waals surface area contributed by atoms with E-state index in [1.165, 1.54) is 193 Å². The lowest BCUT2D eigenvalue weighted by Gasteiger charge is -2.40. The first kappa shape index (κ1) is 63.9. The molecule has 0 saturated carbocycles. The molecule has 1 heterocycles. The molecule has 0 spiro atoms. The van der Waals surface area contributed by atoms with E-state index in [2.05, 4.69) is 31.3 Å². The molecule has 9 unspecified atom stereocenters. The maximum absolute atomic E-state index is 13.1. The molecule has 9 atom stereocenters. The summed E-state index contributed by atoms with van der Waals surface area (Å²) in [5.41, 5.74) is 0. The fourth-order valence-corrected chi connectivity index (χ4v) is 9.39. The van der Waals surface area contributed by atoms with Gasteiger partial charge in [0.05, 0.1) is 25.4 Å². The van der Waals surface area contributed by atoms with Crippen LogP contribution in [0.3, 0.4) is 0 Å². The zero-order chi connectivity index (χ0) is 49.0. The molecule has 1 aliphatic rings. The molecule has 1 saturated heterocycles. The molecule has 398 valence electrons. The van der Waals surface area contributed by atoms with Crippen LogP contribution in [0.4, 0.5) is 0 Å².